The Bertz CT molecular complexity index is 517. The molecule has 1 fully saturated rings. The molecule has 102 valence electrons. The van der Waals surface area contributed by atoms with Gasteiger partial charge in [-0.05, 0) is 30.7 Å². The van der Waals surface area contributed by atoms with Gasteiger partial charge >= 0.3 is 0 Å². The third-order valence-corrected chi connectivity index (χ3v) is 2.97. The first-order chi connectivity index (χ1) is 8.91. The summed E-state index contributed by atoms with van der Waals surface area (Å²) < 4.78 is 18.2. The standard InChI is InChI=1S/C14H16FNO3/c1-14(18)8-16(9-14)13(17)6-4-10-3-5-12(19-2)11(15)7-10/h3-7,18H,8-9H2,1-2H3. The molecule has 0 aromatic heterocycles. The Labute approximate surface area is 111 Å². The number of methoxy groups -OCH3 is 1. The lowest BCUT2D eigenvalue weighted by atomic mass is 9.97. The third-order valence-electron chi connectivity index (χ3n) is 2.97. The van der Waals surface area contributed by atoms with Crippen LogP contribution in [0.3, 0.4) is 0 Å². The molecule has 0 atom stereocenters. The van der Waals surface area contributed by atoms with Crippen molar-refractivity contribution in [1.29, 1.82) is 0 Å². The molecule has 1 N–H and O–H groups in total. The molecule has 1 saturated heterocycles. The van der Waals surface area contributed by atoms with Crippen LogP contribution in [0.2, 0.25) is 0 Å². The van der Waals surface area contributed by atoms with Gasteiger partial charge in [0.1, 0.15) is 0 Å². The van der Waals surface area contributed by atoms with Crippen LogP contribution in [0.15, 0.2) is 24.3 Å². The second-order valence-corrected chi connectivity index (χ2v) is 4.92. The maximum atomic E-state index is 13.4. The van der Waals surface area contributed by atoms with E-state index in [-0.39, 0.29) is 11.7 Å². The molecule has 1 aromatic rings. The van der Waals surface area contributed by atoms with Crippen molar-refractivity contribution >= 4 is 12.0 Å². The lowest BCUT2D eigenvalue weighted by molar-refractivity contribution is -0.146. The molecule has 0 spiro atoms. The van der Waals surface area contributed by atoms with Crippen LogP contribution in [-0.2, 0) is 4.79 Å². The van der Waals surface area contributed by atoms with Gasteiger partial charge in [0, 0.05) is 6.08 Å². The molecule has 0 bridgehead atoms. The molecule has 1 heterocycles. The minimum absolute atomic E-state index is 0.169. The van der Waals surface area contributed by atoms with Gasteiger partial charge in [0.25, 0.3) is 0 Å². The number of nitrogens with zero attached hydrogens (tertiary/aromatic N) is 1. The van der Waals surface area contributed by atoms with E-state index in [4.69, 9.17) is 4.74 Å². The Morgan fingerprint density at radius 1 is 1.53 bits per heavy atom. The van der Waals surface area contributed by atoms with Gasteiger partial charge in [-0.2, -0.15) is 0 Å². The Hall–Kier alpha value is -1.88. The molecule has 5 heteroatoms. The highest BCUT2D eigenvalue weighted by Crippen LogP contribution is 2.21. The molecule has 0 radical (unpaired) electrons. The fourth-order valence-corrected chi connectivity index (χ4v) is 1.99. The molecule has 2 rings (SSSR count). The molecule has 0 saturated carbocycles. The molecular formula is C14H16FNO3. The lowest BCUT2D eigenvalue weighted by Crippen LogP contribution is -2.61. The van der Waals surface area contributed by atoms with Crippen molar-refractivity contribution in [3.8, 4) is 5.75 Å². The van der Waals surface area contributed by atoms with Crippen LogP contribution in [-0.4, -0.2) is 41.7 Å². The van der Waals surface area contributed by atoms with Crippen molar-refractivity contribution in [3.63, 3.8) is 0 Å². The second-order valence-electron chi connectivity index (χ2n) is 4.92. The highest BCUT2D eigenvalue weighted by Gasteiger charge is 2.38. The number of hydrogen-bond acceptors (Lipinski definition) is 3. The number of carbonyl (C=O) groups excluding carboxylic acids is 1. The highest BCUT2D eigenvalue weighted by molar-refractivity contribution is 5.92. The molecule has 1 amide bonds. The number of amides is 1. The van der Waals surface area contributed by atoms with E-state index in [1.807, 2.05) is 0 Å². The second kappa shape index (κ2) is 5.01. The number of β-amino-alcohol motifs (C(OH)–C–C–N with tert-alkyl or cyclic N) is 1. The van der Waals surface area contributed by atoms with Crippen molar-refractivity contribution in [3.05, 3.63) is 35.7 Å². The highest BCUT2D eigenvalue weighted by atomic mass is 19.1. The van der Waals surface area contributed by atoms with Gasteiger partial charge in [0.15, 0.2) is 11.6 Å². The summed E-state index contributed by atoms with van der Waals surface area (Å²) in [5.41, 5.74) is -0.200. The van der Waals surface area contributed by atoms with Crippen molar-refractivity contribution in [2.45, 2.75) is 12.5 Å². The zero-order valence-corrected chi connectivity index (χ0v) is 10.9. The van der Waals surface area contributed by atoms with Crippen molar-refractivity contribution in [2.24, 2.45) is 0 Å². The van der Waals surface area contributed by atoms with Gasteiger partial charge < -0.3 is 14.7 Å². The van der Waals surface area contributed by atoms with E-state index < -0.39 is 11.4 Å². The number of aliphatic hydroxyl groups is 1. The molecule has 0 aliphatic carbocycles. The van der Waals surface area contributed by atoms with E-state index in [0.29, 0.717) is 18.7 Å². The predicted molar refractivity (Wildman–Crippen MR) is 69.2 cm³/mol. The van der Waals surface area contributed by atoms with Gasteiger partial charge in [-0.1, -0.05) is 6.07 Å². The molecule has 1 aliphatic rings. The van der Waals surface area contributed by atoms with E-state index in [9.17, 15) is 14.3 Å². The van der Waals surface area contributed by atoms with E-state index >= 15 is 0 Å². The van der Waals surface area contributed by atoms with Crippen molar-refractivity contribution < 1.29 is 19.0 Å². The van der Waals surface area contributed by atoms with Gasteiger partial charge in [0.2, 0.25) is 5.91 Å². The summed E-state index contributed by atoms with van der Waals surface area (Å²) in [6.07, 6.45) is 2.91. The summed E-state index contributed by atoms with van der Waals surface area (Å²) >= 11 is 0. The Morgan fingerprint density at radius 2 is 2.21 bits per heavy atom. The number of carbonyl (C=O) groups is 1. The van der Waals surface area contributed by atoms with Crippen LogP contribution in [0.5, 0.6) is 5.75 Å². The van der Waals surface area contributed by atoms with Crippen LogP contribution in [0.1, 0.15) is 12.5 Å². The minimum Gasteiger partial charge on any atom is -0.494 e. The summed E-state index contributed by atoms with van der Waals surface area (Å²) in [5, 5.41) is 9.53. The van der Waals surface area contributed by atoms with E-state index in [0.717, 1.165) is 0 Å². The minimum atomic E-state index is -0.782. The SMILES string of the molecule is COc1ccc(C=CC(=O)N2CC(C)(O)C2)cc1F. The molecule has 1 aromatic carbocycles. The largest absolute Gasteiger partial charge is 0.494 e. The fraction of sp³-hybridized carbons (Fsp3) is 0.357. The molecular weight excluding hydrogens is 249 g/mol. The van der Waals surface area contributed by atoms with Gasteiger partial charge in [-0.15, -0.1) is 0 Å². The quantitative estimate of drug-likeness (QED) is 0.841. The number of hydrogen-bond donors (Lipinski definition) is 1. The lowest BCUT2D eigenvalue weighted by Gasteiger charge is -2.43. The predicted octanol–water partition coefficient (Wildman–Crippen LogP) is 1.44. The average Bonchev–Trinajstić information content (AvgIpc) is 2.33. The monoisotopic (exact) mass is 265 g/mol. The van der Waals surface area contributed by atoms with E-state index in [1.54, 1.807) is 13.0 Å². The normalized spacial score (nSPS) is 17.4. The maximum absolute atomic E-state index is 13.4. The molecule has 1 aliphatic heterocycles. The van der Waals surface area contributed by atoms with Gasteiger partial charge in [-0.25, -0.2) is 4.39 Å². The Balaban J connectivity index is 1.99. The zero-order chi connectivity index (χ0) is 14.0. The summed E-state index contributed by atoms with van der Waals surface area (Å²) in [5.74, 6) is -0.492. The van der Waals surface area contributed by atoms with Crippen LogP contribution < -0.4 is 4.74 Å². The van der Waals surface area contributed by atoms with Crippen LogP contribution in [0.4, 0.5) is 4.39 Å². The topological polar surface area (TPSA) is 49.8 Å². The van der Waals surface area contributed by atoms with Crippen LogP contribution in [0.25, 0.3) is 6.08 Å². The average molecular weight is 265 g/mol. The van der Waals surface area contributed by atoms with Crippen LogP contribution in [0, 0.1) is 5.82 Å². The summed E-state index contributed by atoms with van der Waals surface area (Å²) in [6, 6.07) is 4.47. The number of rotatable bonds is 3. The van der Waals surface area contributed by atoms with Crippen molar-refractivity contribution in [2.75, 3.05) is 20.2 Å². The first-order valence-electron chi connectivity index (χ1n) is 5.94. The Kier molecular flexibility index (Phi) is 3.57. The summed E-state index contributed by atoms with van der Waals surface area (Å²) in [6.45, 7) is 2.33. The number of ether oxygens (including phenoxy) is 1. The van der Waals surface area contributed by atoms with Gasteiger partial charge in [0.05, 0.1) is 25.8 Å². The number of likely N-dealkylation sites (tertiary alicyclic amines) is 1. The van der Waals surface area contributed by atoms with Crippen LogP contribution >= 0.6 is 0 Å². The smallest absolute Gasteiger partial charge is 0.246 e. The summed E-state index contributed by atoms with van der Waals surface area (Å²) in [4.78, 5) is 13.2. The first kappa shape index (κ1) is 13.5. The fourth-order valence-electron chi connectivity index (χ4n) is 1.99. The maximum Gasteiger partial charge on any atom is 0.246 e. The van der Waals surface area contributed by atoms with E-state index in [2.05, 4.69) is 0 Å². The first-order valence-corrected chi connectivity index (χ1v) is 5.94. The van der Waals surface area contributed by atoms with E-state index in [1.165, 1.54) is 36.3 Å². The Morgan fingerprint density at radius 3 is 2.74 bits per heavy atom. The number of benzene rings is 1. The molecule has 19 heavy (non-hydrogen) atoms. The summed E-state index contributed by atoms with van der Waals surface area (Å²) in [7, 11) is 1.40. The van der Waals surface area contributed by atoms with Crippen molar-refractivity contribution in [1.82, 2.24) is 4.90 Å². The molecule has 0 unspecified atom stereocenters. The molecule has 4 nitrogen and oxygen atoms in total. The number of halogens is 1. The van der Waals surface area contributed by atoms with Gasteiger partial charge in [-0.3, -0.25) is 4.79 Å². The third kappa shape index (κ3) is 3.12. The zero-order valence-electron chi connectivity index (χ0n) is 10.9.